The lowest BCUT2D eigenvalue weighted by atomic mass is 9.86. The number of hydrogen-bond acceptors (Lipinski definition) is 4. The Morgan fingerprint density at radius 3 is 2.45 bits per heavy atom. The first kappa shape index (κ1) is 23.5. The third kappa shape index (κ3) is 6.59. The van der Waals surface area contributed by atoms with Gasteiger partial charge in [-0.1, -0.05) is 19.1 Å². The van der Waals surface area contributed by atoms with E-state index < -0.39 is 23.8 Å². The van der Waals surface area contributed by atoms with E-state index in [1.165, 1.54) is 0 Å². The Balaban J connectivity index is 2.16. The molecular formula is C22H30IN3O3. The Labute approximate surface area is 187 Å². The van der Waals surface area contributed by atoms with Gasteiger partial charge in [0.1, 0.15) is 17.7 Å². The van der Waals surface area contributed by atoms with Crippen molar-refractivity contribution >= 4 is 34.6 Å². The molecule has 1 aromatic rings. The molecule has 2 rings (SSSR count). The molecule has 1 aromatic carbocycles. The molecule has 1 aliphatic rings. The number of hydrogen-bond donors (Lipinski definition) is 1. The van der Waals surface area contributed by atoms with Gasteiger partial charge in [0.25, 0.3) is 0 Å². The summed E-state index contributed by atoms with van der Waals surface area (Å²) in [6.45, 7) is 9.33. The first-order chi connectivity index (χ1) is 13.5. The number of nitriles is 1. The number of halogens is 1. The fourth-order valence-electron chi connectivity index (χ4n) is 3.58. The number of amides is 2. The molecule has 7 heteroatoms. The maximum absolute atomic E-state index is 13.1. The minimum absolute atomic E-state index is 0.0173. The van der Waals surface area contributed by atoms with Crippen molar-refractivity contribution in [2.24, 2.45) is 5.92 Å². The second-order valence-corrected chi connectivity index (χ2v) is 10.0. The van der Waals surface area contributed by atoms with Crippen LogP contribution < -0.4 is 5.32 Å². The number of benzene rings is 1. The van der Waals surface area contributed by atoms with Crippen molar-refractivity contribution in [3.63, 3.8) is 0 Å². The Kier molecular flexibility index (Phi) is 7.92. The highest BCUT2D eigenvalue weighted by molar-refractivity contribution is 14.1. The van der Waals surface area contributed by atoms with E-state index in [1.54, 1.807) is 4.90 Å². The van der Waals surface area contributed by atoms with E-state index in [0.717, 1.165) is 22.0 Å². The van der Waals surface area contributed by atoms with Crippen LogP contribution in [0.2, 0.25) is 0 Å². The number of carbonyl (C=O) groups excluding carboxylic acids is 2. The van der Waals surface area contributed by atoms with Crippen molar-refractivity contribution in [1.82, 2.24) is 10.2 Å². The first-order valence-electron chi connectivity index (χ1n) is 9.97. The van der Waals surface area contributed by atoms with Crippen LogP contribution in [0.5, 0.6) is 0 Å². The summed E-state index contributed by atoms with van der Waals surface area (Å²) < 4.78 is 6.67. The van der Waals surface area contributed by atoms with Crippen LogP contribution in [-0.4, -0.2) is 40.6 Å². The van der Waals surface area contributed by atoms with Gasteiger partial charge >= 0.3 is 6.09 Å². The van der Waals surface area contributed by atoms with Gasteiger partial charge in [0.2, 0.25) is 5.91 Å². The SMILES string of the molecule is C[C@@H]1CC[C@H](C)N(C(=O)OC(C)(C)C)[C@@H]1C(=O)N[C@H](C#N)Cc1ccc(I)cc1. The highest BCUT2D eigenvalue weighted by Gasteiger charge is 2.42. The summed E-state index contributed by atoms with van der Waals surface area (Å²) >= 11 is 2.23. The van der Waals surface area contributed by atoms with Gasteiger partial charge in [-0.3, -0.25) is 9.69 Å². The number of likely N-dealkylation sites (tertiary alicyclic amines) is 1. The van der Waals surface area contributed by atoms with Gasteiger partial charge in [-0.25, -0.2) is 4.79 Å². The van der Waals surface area contributed by atoms with Gasteiger partial charge in [0.15, 0.2) is 0 Å². The van der Waals surface area contributed by atoms with Crippen molar-refractivity contribution in [2.45, 2.75) is 77.6 Å². The minimum atomic E-state index is -0.660. The third-order valence-electron chi connectivity index (χ3n) is 5.05. The fourth-order valence-corrected chi connectivity index (χ4v) is 3.94. The molecule has 4 atom stereocenters. The van der Waals surface area contributed by atoms with Crippen LogP contribution in [0.3, 0.4) is 0 Å². The Morgan fingerprint density at radius 1 is 1.28 bits per heavy atom. The molecule has 1 saturated heterocycles. The van der Waals surface area contributed by atoms with E-state index in [4.69, 9.17) is 4.74 Å². The lowest BCUT2D eigenvalue weighted by Gasteiger charge is -2.43. The zero-order valence-electron chi connectivity index (χ0n) is 17.7. The number of carbonyl (C=O) groups is 2. The maximum atomic E-state index is 13.1. The van der Waals surface area contributed by atoms with Crippen molar-refractivity contribution < 1.29 is 14.3 Å². The minimum Gasteiger partial charge on any atom is -0.444 e. The van der Waals surface area contributed by atoms with Gasteiger partial charge in [0, 0.05) is 16.0 Å². The molecular weight excluding hydrogens is 481 g/mol. The first-order valence-corrected chi connectivity index (χ1v) is 11.1. The smallest absolute Gasteiger partial charge is 0.411 e. The number of rotatable bonds is 4. The lowest BCUT2D eigenvalue weighted by Crippen LogP contribution is -2.60. The van der Waals surface area contributed by atoms with Crippen LogP contribution in [0, 0.1) is 20.8 Å². The third-order valence-corrected chi connectivity index (χ3v) is 5.77. The summed E-state index contributed by atoms with van der Waals surface area (Å²) in [6, 6.07) is 8.62. The average molecular weight is 511 g/mol. The van der Waals surface area contributed by atoms with E-state index in [0.29, 0.717) is 6.42 Å². The fraction of sp³-hybridized carbons (Fsp3) is 0.591. The van der Waals surface area contributed by atoms with Crippen molar-refractivity contribution in [1.29, 1.82) is 5.26 Å². The second-order valence-electron chi connectivity index (χ2n) is 8.76. The Bertz CT molecular complexity index is 767. The van der Waals surface area contributed by atoms with Gasteiger partial charge in [-0.2, -0.15) is 5.26 Å². The molecule has 1 aliphatic heterocycles. The molecule has 1 heterocycles. The molecule has 0 bridgehead atoms. The number of nitrogens with one attached hydrogen (secondary N) is 1. The summed E-state index contributed by atoms with van der Waals surface area (Å²) in [5, 5.41) is 12.4. The quantitative estimate of drug-likeness (QED) is 0.613. The molecule has 0 aromatic heterocycles. The largest absolute Gasteiger partial charge is 0.444 e. The predicted octanol–water partition coefficient (Wildman–Crippen LogP) is 4.27. The van der Waals surface area contributed by atoms with Gasteiger partial charge in [-0.05, 0) is 86.7 Å². The van der Waals surface area contributed by atoms with Crippen LogP contribution in [0.1, 0.15) is 53.0 Å². The summed E-state index contributed by atoms with van der Waals surface area (Å²) in [6.07, 6.45) is 1.59. The van der Waals surface area contributed by atoms with Gasteiger partial charge in [-0.15, -0.1) is 0 Å². The van der Waals surface area contributed by atoms with Crippen LogP contribution in [0.15, 0.2) is 24.3 Å². The molecule has 158 valence electrons. The van der Waals surface area contributed by atoms with E-state index in [1.807, 2.05) is 58.9 Å². The topological polar surface area (TPSA) is 82.4 Å². The summed E-state index contributed by atoms with van der Waals surface area (Å²) in [7, 11) is 0. The number of nitrogens with zero attached hydrogens (tertiary/aromatic N) is 2. The van der Waals surface area contributed by atoms with Gasteiger partial charge < -0.3 is 10.1 Å². The second kappa shape index (κ2) is 9.79. The van der Waals surface area contributed by atoms with Crippen LogP contribution >= 0.6 is 22.6 Å². The molecule has 1 fully saturated rings. The molecule has 0 radical (unpaired) electrons. The lowest BCUT2D eigenvalue weighted by molar-refractivity contribution is -0.131. The van der Waals surface area contributed by atoms with Crippen molar-refractivity contribution in [2.75, 3.05) is 0 Å². The highest BCUT2D eigenvalue weighted by atomic mass is 127. The molecule has 0 saturated carbocycles. The summed E-state index contributed by atoms with van der Waals surface area (Å²) in [5.74, 6) is -0.316. The molecule has 1 N–H and O–H groups in total. The normalized spacial score (nSPS) is 23.1. The van der Waals surface area contributed by atoms with Crippen LogP contribution in [-0.2, 0) is 16.0 Å². The summed E-state index contributed by atoms with van der Waals surface area (Å²) in [5.41, 5.74) is 0.338. The van der Waals surface area contributed by atoms with Crippen LogP contribution in [0.4, 0.5) is 4.79 Å². The van der Waals surface area contributed by atoms with E-state index in [9.17, 15) is 14.9 Å². The van der Waals surface area contributed by atoms with Gasteiger partial charge in [0.05, 0.1) is 6.07 Å². The summed E-state index contributed by atoms with van der Waals surface area (Å²) in [4.78, 5) is 27.5. The molecule has 0 spiro atoms. The van der Waals surface area contributed by atoms with Crippen molar-refractivity contribution in [3.05, 3.63) is 33.4 Å². The van der Waals surface area contributed by atoms with E-state index in [2.05, 4.69) is 34.0 Å². The average Bonchev–Trinajstić information content (AvgIpc) is 2.62. The molecule has 29 heavy (non-hydrogen) atoms. The predicted molar refractivity (Wildman–Crippen MR) is 120 cm³/mol. The zero-order chi connectivity index (χ0) is 21.8. The number of ether oxygens (including phenoxy) is 1. The molecule has 6 nitrogen and oxygen atoms in total. The van der Waals surface area contributed by atoms with E-state index >= 15 is 0 Å². The van der Waals surface area contributed by atoms with Crippen LogP contribution in [0.25, 0.3) is 0 Å². The monoisotopic (exact) mass is 511 g/mol. The van der Waals surface area contributed by atoms with E-state index in [-0.39, 0.29) is 17.9 Å². The molecule has 0 unspecified atom stereocenters. The maximum Gasteiger partial charge on any atom is 0.411 e. The number of piperidine rings is 1. The van der Waals surface area contributed by atoms with Crippen molar-refractivity contribution in [3.8, 4) is 6.07 Å². The Hall–Kier alpha value is -1.82. The Morgan fingerprint density at radius 2 is 1.90 bits per heavy atom. The zero-order valence-corrected chi connectivity index (χ0v) is 19.9. The molecule has 2 amide bonds. The molecule has 0 aliphatic carbocycles. The standard InChI is InChI=1S/C22H30IN3O3/c1-14-6-7-15(2)26(21(28)29-22(3,4)5)19(14)20(27)25-18(13-24)12-16-8-10-17(23)11-9-16/h8-11,14-15,18-19H,6-7,12H2,1-5H3,(H,25,27)/t14-,15+,18+,19+/m1/s1. The highest BCUT2D eigenvalue weighted by Crippen LogP contribution is 2.30.